The van der Waals surface area contributed by atoms with Gasteiger partial charge in [0.1, 0.15) is 11.9 Å². The summed E-state index contributed by atoms with van der Waals surface area (Å²) in [4.78, 5) is 24.3. The second kappa shape index (κ2) is 6.31. The summed E-state index contributed by atoms with van der Waals surface area (Å²) in [5.74, 6) is -0.940. The lowest BCUT2D eigenvalue weighted by molar-refractivity contribution is -0.122. The molecule has 1 aliphatic heterocycles. The molecule has 2 amide bonds. The summed E-state index contributed by atoms with van der Waals surface area (Å²) in [6.45, 7) is 3.97. The van der Waals surface area contributed by atoms with Crippen LogP contribution in [0.1, 0.15) is 17.5 Å². The van der Waals surface area contributed by atoms with E-state index in [-0.39, 0.29) is 24.1 Å². The molecule has 1 atom stereocenters. The fourth-order valence-electron chi connectivity index (χ4n) is 2.59. The van der Waals surface area contributed by atoms with E-state index in [2.05, 4.69) is 16.0 Å². The van der Waals surface area contributed by atoms with Crippen molar-refractivity contribution in [3.63, 3.8) is 0 Å². The highest BCUT2D eigenvalue weighted by atomic mass is 19.1. The van der Waals surface area contributed by atoms with Gasteiger partial charge in [-0.05, 0) is 61.4 Å². The second-order valence-electron chi connectivity index (χ2n) is 5.93. The van der Waals surface area contributed by atoms with Crippen LogP contribution in [-0.4, -0.2) is 17.9 Å². The minimum Gasteiger partial charge on any atom is -0.372 e. The van der Waals surface area contributed by atoms with Crippen molar-refractivity contribution in [1.29, 1.82) is 0 Å². The Labute approximate surface area is 139 Å². The number of aryl methyl sites for hydroxylation is 2. The van der Waals surface area contributed by atoms with E-state index in [4.69, 9.17) is 0 Å². The van der Waals surface area contributed by atoms with Crippen molar-refractivity contribution < 1.29 is 14.0 Å². The van der Waals surface area contributed by atoms with Crippen LogP contribution in [0.4, 0.5) is 21.5 Å². The quantitative estimate of drug-likeness (QED) is 0.811. The Morgan fingerprint density at radius 1 is 1.12 bits per heavy atom. The Hall–Kier alpha value is -2.89. The number of fused-ring (bicyclic) bond motifs is 1. The number of nitrogens with one attached hydrogen (secondary N) is 3. The second-order valence-corrected chi connectivity index (χ2v) is 5.93. The smallest absolute Gasteiger partial charge is 0.247 e. The van der Waals surface area contributed by atoms with Crippen LogP contribution in [-0.2, 0) is 9.59 Å². The predicted octanol–water partition coefficient (Wildman–Crippen LogP) is 3.20. The van der Waals surface area contributed by atoms with Crippen molar-refractivity contribution in [3.05, 3.63) is 53.3 Å². The van der Waals surface area contributed by atoms with Crippen molar-refractivity contribution >= 4 is 28.9 Å². The van der Waals surface area contributed by atoms with Crippen molar-refractivity contribution in [2.45, 2.75) is 26.3 Å². The Morgan fingerprint density at radius 2 is 1.75 bits per heavy atom. The molecule has 3 N–H and O–H groups in total. The molecule has 24 heavy (non-hydrogen) atoms. The highest BCUT2D eigenvalue weighted by Gasteiger charge is 2.27. The van der Waals surface area contributed by atoms with Gasteiger partial charge in [-0.15, -0.1) is 0 Å². The normalized spacial score (nSPS) is 16.0. The summed E-state index contributed by atoms with van der Waals surface area (Å²) in [6, 6.07) is 8.69. The number of hydrogen-bond acceptors (Lipinski definition) is 3. The highest BCUT2D eigenvalue weighted by Crippen LogP contribution is 2.30. The van der Waals surface area contributed by atoms with E-state index < -0.39 is 6.04 Å². The van der Waals surface area contributed by atoms with E-state index in [9.17, 15) is 14.0 Å². The number of carbonyl (C=O) groups excluding carboxylic acids is 2. The zero-order valence-electron chi connectivity index (χ0n) is 13.4. The first kappa shape index (κ1) is 16.0. The fraction of sp³-hybridized carbons (Fsp3) is 0.222. The SMILES string of the molecule is Cc1cc2c(cc1C)NC(CC(=O)Nc1ccc(F)cc1)C(=O)N2. The molecular weight excluding hydrogens is 309 g/mol. The third-order valence-electron chi connectivity index (χ3n) is 4.06. The number of rotatable bonds is 3. The zero-order valence-corrected chi connectivity index (χ0v) is 13.4. The lowest BCUT2D eigenvalue weighted by Crippen LogP contribution is -2.41. The van der Waals surface area contributed by atoms with Crippen LogP contribution in [0, 0.1) is 19.7 Å². The minimum atomic E-state index is -0.653. The Morgan fingerprint density at radius 3 is 2.42 bits per heavy atom. The first-order chi connectivity index (χ1) is 11.4. The zero-order chi connectivity index (χ0) is 17.3. The molecule has 2 aromatic rings. The number of benzene rings is 2. The van der Waals surface area contributed by atoms with Gasteiger partial charge < -0.3 is 16.0 Å². The molecule has 0 bridgehead atoms. The number of carbonyl (C=O) groups is 2. The van der Waals surface area contributed by atoms with Crippen molar-refractivity contribution in [3.8, 4) is 0 Å². The number of halogens is 1. The molecule has 0 aromatic heterocycles. The maximum absolute atomic E-state index is 12.9. The molecule has 2 aromatic carbocycles. The van der Waals surface area contributed by atoms with Gasteiger partial charge in [0.25, 0.3) is 0 Å². The van der Waals surface area contributed by atoms with Gasteiger partial charge in [0.15, 0.2) is 0 Å². The maximum atomic E-state index is 12.9. The molecular formula is C18H18FN3O2. The van der Waals surface area contributed by atoms with Crippen LogP contribution in [0.25, 0.3) is 0 Å². The summed E-state index contributed by atoms with van der Waals surface area (Å²) in [6.07, 6.45) is -0.0183. The van der Waals surface area contributed by atoms with Crippen molar-refractivity contribution in [2.24, 2.45) is 0 Å². The van der Waals surface area contributed by atoms with E-state index in [0.717, 1.165) is 22.5 Å². The summed E-state index contributed by atoms with van der Waals surface area (Å²) < 4.78 is 12.9. The minimum absolute atomic E-state index is 0.0183. The van der Waals surface area contributed by atoms with E-state index in [1.54, 1.807) is 0 Å². The molecule has 0 saturated carbocycles. The van der Waals surface area contributed by atoms with Gasteiger partial charge in [-0.25, -0.2) is 4.39 Å². The largest absolute Gasteiger partial charge is 0.372 e. The van der Waals surface area contributed by atoms with Crippen LogP contribution >= 0.6 is 0 Å². The summed E-state index contributed by atoms with van der Waals surface area (Å²) in [5, 5.41) is 8.59. The number of amides is 2. The van der Waals surface area contributed by atoms with Gasteiger partial charge in [0, 0.05) is 5.69 Å². The van der Waals surface area contributed by atoms with E-state index in [1.807, 2.05) is 26.0 Å². The number of anilines is 3. The number of hydrogen-bond donors (Lipinski definition) is 3. The van der Waals surface area contributed by atoms with Gasteiger partial charge in [0.2, 0.25) is 11.8 Å². The topological polar surface area (TPSA) is 70.2 Å². The highest BCUT2D eigenvalue weighted by molar-refractivity contribution is 6.06. The van der Waals surface area contributed by atoms with Gasteiger partial charge in [-0.2, -0.15) is 0 Å². The van der Waals surface area contributed by atoms with Gasteiger partial charge in [-0.1, -0.05) is 0 Å². The standard InChI is InChI=1S/C18H18FN3O2/c1-10-7-14-15(8-11(10)2)22-18(24)16(21-14)9-17(23)20-13-5-3-12(19)4-6-13/h3-8,16,21H,9H2,1-2H3,(H,20,23)(H,22,24). The van der Waals surface area contributed by atoms with Crippen molar-refractivity contribution in [2.75, 3.05) is 16.0 Å². The predicted molar refractivity (Wildman–Crippen MR) is 91.6 cm³/mol. The monoisotopic (exact) mass is 327 g/mol. The molecule has 124 valence electrons. The van der Waals surface area contributed by atoms with Gasteiger partial charge in [-0.3, -0.25) is 9.59 Å². The van der Waals surface area contributed by atoms with Crippen LogP contribution in [0.5, 0.6) is 0 Å². The Kier molecular flexibility index (Phi) is 4.20. The third-order valence-corrected chi connectivity index (χ3v) is 4.06. The van der Waals surface area contributed by atoms with Gasteiger partial charge >= 0.3 is 0 Å². The van der Waals surface area contributed by atoms with E-state index >= 15 is 0 Å². The fourth-order valence-corrected chi connectivity index (χ4v) is 2.59. The van der Waals surface area contributed by atoms with Gasteiger partial charge in [0.05, 0.1) is 17.8 Å². The molecule has 3 rings (SSSR count). The lowest BCUT2D eigenvalue weighted by Gasteiger charge is -2.27. The van der Waals surface area contributed by atoms with Crippen LogP contribution in [0.15, 0.2) is 36.4 Å². The first-order valence-corrected chi connectivity index (χ1v) is 7.66. The summed E-state index contributed by atoms with van der Waals surface area (Å²) >= 11 is 0. The van der Waals surface area contributed by atoms with E-state index in [0.29, 0.717) is 5.69 Å². The third kappa shape index (κ3) is 3.37. The van der Waals surface area contributed by atoms with Crippen molar-refractivity contribution in [1.82, 2.24) is 0 Å². The molecule has 6 heteroatoms. The average Bonchev–Trinajstić information content (AvgIpc) is 2.52. The molecule has 1 aliphatic rings. The van der Waals surface area contributed by atoms with Crippen LogP contribution in [0.3, 0.4) is 0 Å². The molecule has 0 aliphatic carbocycles. The van der Waals surface area contributed by atoms with E-state index in [1.165, 1.54) is 24.3 Å². The maximum Gasteiger partial charge on any atom is 0.247 e. The Bertz CT molecular complexity index is 803. The summed E-state index contributed by atoms with van der Waals surface area (Å²) in [7, 11) is 0. The molecule has 1 heterocycles. The van der Waals surface area contributed by atoms with Crippen LogP contribution in [0.2, 0.25) is 0 Å². The molecule has 0 saturated heterocycles. The molecule has 0 radical (unpaired) electrons. The van der Waals surface area contributed by atoms with Crippen LogP contribution < -0.4 is 16.0 Å². The molecule has 5 nitrogen and oxygen atoms in total. The molecule has 0 fully saturated rings. The Balaban J connectivity index is 1.68. The average molecular weight is 327 g/mol. The summed E-state index contributed by atoms with van der Waals surface area (Å²) in [5.41, 5.74) is 4.20. The molecule has 1 unspecified atom stereocenters. The first-order valence-electron chi connectivity index (χ1n) is 7.66. The molecule has 0 spiro atoms. The lowest BCUT2D eigenvalue weighted by atomic mass is 10.0.